The molecular formula is C25H51NO2. The number of rotatable bonds is 19. The fraction of sp³-hybridized carbons (Fsp3) is 0.960. The first-order valence-corrected chi connectivity index (χ1v) is 12.2. The van der Waals surface area contributed by atoms with E-state index in [4.69, 9.17) is 4.74 Å². The van der Waals surface area contributed by atoms with Crippen molar-refractivity contribution in [2.75, 3.05) is 20.6 Å². The molecule has 3 atom stereocenters. The predicted molar refractivity (Wildman–Crippen MR) is 123 cm³/mol. The number of carbonyl (C=O) groups excluding carboxylic acids is 1. The lowest BCUT2D eigenvalue weighted by Crippen LogP contribution is -2.20. The third-order valence-electron chi connectivity index (χ3n) is 5.92. The standard InChI is InChI=1S/C25H51NO2/c1-7-9-10-11-12-15-22(3)16-13-17-23(4)19-20-24(8-2)28-25(27)18-14-21-26(5)6/h22-24H,7-21H2,1-6H3. The molecule has 0 aromatic carbocycles. The van der Waals surface area contributed by atoms with Gasteiger partial charge >= 0.3 is 5.97 Å². The zero-order valence-corrected chi connectivity index (χ0v) is 20.1. The third-order valence-corrected chi connectivity index (χ3v) is 5.92. The molecule has 3 heteroatoms. The SMILES string of the molecule is CCCCCCCC(C)CCCC(C)CCC(CC)OC(=O)CCCN(C)C. The Bertz CT molecular complexity index is 356. The van der Waals surface area contributed by atoms with E-state index in [1.54, 1.807) is 0 Å². The van der Waals surface area contributed by atoms with Crippen molar-refractivity contribution < 1.29 is 9.53 Å². The van der Waals surface area contributed by atoms with Gasteiger partial charge in [0, 0.05) is 6.42 Å². The predicted octanol–water partition coefficient (Wildman–Crippen LogP) is 7.23. The van der Waals surface area contributed by atoms with E-state index in [2.05, 4.69) is 32.6 Å². The molecule has 0 aliphatic heterocycles. The number of unbranched alkanes of at least 4 members (excludes halogenated alkanes) is 4. The van der Waals surface area contributed by atoms with E-state index in [1.165, 1.54) is 64.2 Å². The van der Waals surface area contributed by atoms with Gasteiger partial charge in [0.2, 0.25) is 0 Å². The van der Waals surface area contributed by atoms with Crippen LogP contribution in [-0.4, -0.2) is 37.6 Å². The highest BCUT2D eigenvalue weighted by molar-refractivity contribution is 5.69. The molecule has 0 aromatic rings. The quantitative estimate of drug-likeness (QED) is 0.170. The minimum atomic E-state index is -0.0193. The van der Waals surface area contributed by atoms with Crippen LogP contribution in [0.3, 0.4) is 0 Å². The van der Waals surface area contributed by atoms with Crippen LogP contribution in [0.4, 0.5) is 0 Å². The molecule has 0 saturated carbocycles. The Hall–Kier alpha value is -0.570. The minimum Gasteiger partial charge on any atom is -0.462 e. The molecule has 0 fully saturated rings. The molecule has 0 heterocycles. The minimum absolute atomic E-state index is 0.0193. The average molecular weight is 398 g/mol. The van der Waals surface area contributed by atoms with E-state index in [-0.39, 0.29) is 12.1 Å². The second kappa shape index (κ2) is 18.5. The van der Waals surface area contributed by atoms with Gasteiger partial charge in [0.05, 0.1) is 0 Å². The molecule has 0 N–H and O–H groups in total. The maximum absolute atomic E-state index is 12.0. The summed E-state index contributed by atoms with van der Waals surface area (Å²) in [5, 5.41) is 0. The van der Waals surface area contributed by atoms with Gasteiger partial charge in [-0.05, 0) is 58.2 Å². The summed E-state index contributed by atoms with van der Waals surface area (Å²) in [6, 6.07) is 0. The van der Waals surface area contributed by atoms with Crippen LogP contribution in [0.1, 0.15) is 118 Å². The van der Waals surface area contributed by atoms with Gasteiger partial charge in [0.25, 0.3) is 0 Å². The van der Waals surface area contributed by atoms with E-state index >= 15 is 0 Å². The molecule has 0 saturated heterocycles. The first-order valence-electron chi connectivity index (χ1n) is 12.2. The summed E-state index contributed by atoms with van der Waals surface area (Å²) < 4.78 is 5.69. The Kier molecular flexibility index (Phi) is 18.1. The molecule has 0 aromatic heterocycles. The van der Waals surface area contributed by atoms with Gasteiger partial charge in [-0.15, -0.1) is 0 Å². The Labute approximate surface area is 177 Å². The Morgan fingerprint density at radius 2 is 1.39 bits per heavy atom. The lowest BCUT2D eigenvalue weighted by Gasteiger charge is -2.19. The normalized spacial score (nSPS) is 14.8. The molecule has 28 heavy (non-hydrogen) atoms. The summed E-state index contributed by atoms with van der Waals surface area (Å²) in [5.41, 5.74) is 0. The van der Waals surface area contributed by atoms with Crippen molar-refractivity contribution in [2.45, 2.75) is 124 Å². The fourth-order valence-corrected chi connectivity index (χ4v) is 3.80. The molecule has 0 radical (unpaired) electrons. The van der Waals surface area contributed by atoms with E-state index in [0.717, 1.165) is 37.6 Å². The number of nitrogens with zero attached hydrogens (tertiary/aromatic N) is 1. The number of hydrogen-bond donors (Lipinski definition) is 0. The van der Waals surface area contributed by atoms with Gasteiger partial charge in [-0.3, -0.25) is 4.79 Å². The van der Waals surface area contributed by atoms with Gasteiger partial charge in [-0.1, -0.05) is 85.5 Å². The summed E-state index contributed by atoms with van der Waals surface area (Å²) in [7, 11) is 4.08. The van der Waals surface area contributed by atoms with Crippen molar-refractivity contribution in [1.82, 2.24) is 4.90 Å². The van der Waals surface area contributed by atoms with E-state index in [0.29, 0.717) is 6.42 Å². The van der Waals surface area contributed by atoms with Crippen molar-refractivity contribution in [3.8, 4) is 0 Å². The summed E-state index contributed by atoms with van der Waals surface area (Å²) in [4.78, 5) is 14.1. The van der Waals surface area contributed by atoms with Crippen LogP contribution < -0.4 is 0 Å². The van der Waals surface area contributed by atoms with Crippen molar-refractivity contribution >= 4 is 5.97 Å². The Morgan fingerprint density at radius 1 is 0.786 bits per heavy atom. The summed E-state index contributed by atoms with van der Waals surface area (Å²) in [6.07, 6.45) is 17.1. The van der Waals surface area contributed by atoms with Crippen LogP contribution in [0.25, 0.3) is 0 Å². The van der Waals surface area contributed by atoms with Crippen molar-refractivity contribution in [3.05, 3.63) is 0 Å². The third kappa shape index (κ3) is 17.5. The van der Waals surface area contributed by atoms with Gasteiger partial charge < -0.3 is 9.64 Å². The Balaban J connectivity index is 3.78. The molecule has 0 spiro atoms. The van der Waals surface area contributed by atoms with Crippen LogP contribution in [0, 0.1) is 11.8 Å². The van der Waals surface area contributed by atoms with Crippen LogP contribution >= 0.6 is 0 Å². The molecule has 0 rings (SSSR count). The zero-order chi connectivity index (χ0) is 21.2. The summed E-state index contributed by atoms with van der Waals surface area (Å²) >= 11 is 0. The molecule has 168 valence electrons. The van der Waals surface area contributed by atoms with Gasteiger partial charge in [0.15, 0.2) is 0 Å². The molecule has 0 aliphatic rings. The van der Waals surface area contributed by atoms with Crippen molar-refractivity contribution in [1.29, 1.82) is 0 Å². The summed E-state index contributed by atoms with van der Waals surface area (Å²) in [5.74, 6) is 1.59. The first kappa shape index (κ1) is 27.4. The maximum Gasteiger partial charge on any atom is 0.306 e. The second-order valence-electron chi connectivity index (χ2n) is 9.35. The highest BCUT2D eigenvalue weighted by atomic mass is 16.5. The van der Waals surface area contributed by atoms with Gasteiger partial charge in [-0.2, -0.15) is 0 Å². The highest BCUT2D eigenvalue weighted by Crippen LogP contribution is 2.22. The van der Waals surface area contributed by atoms with E-state index < -0.39 is 0 Å². The lowest BCUT2D eigenvalue weighted by atomic mass is 9.92. The van der Waals surface area contributed by atoms with Gasteiger partial charge in [-0.25, -0.2) is 0 Å². The molecule has 0 bridgehead atoms. The van der Waals surface area contributed by atoms with E-state index in [1.807, 2.05) is 14.1 Å². The zero-order valence-electron chi connectivity index (χ0n) is 20.1. The molecule has 3 unspecified atom stereocenters. The van der Waals surface area contributed by atoms with Crippen LogP contribution in [0.2, 0.25) is 0 Å². The topological polar surface area (TPSA) is 29.5 Å². The van der Waals surface area contributed by atoms with Crippen LogP contribution in [0.5, 0.6) is 0 Å². The van der Waals surface area contributed by atoms with Gasteiger partial charge in [0.1, 0.15) is 6.10 Å². The number of carbonyl (C=O) groups is 1. The molecule has 0 amide bonds. The van der Waals surface area contributed by atoms with Crippen molar-refractivity contribution in [2.24, 2.45) is 11.8 Å². The monoisotopic (exact) mass is 397 g/mol. The molecule has 0 aliphatic carbocycles. The fourth-order valence-electron chi connectivity index (χ4n) is 3.80. The number of ether oxygens (including phenoxy) is 1. The van der Waals surface area contributed by atoms with E-state index in [9.17, 15) is 4.79 Å². The second-order valence-corrected chi connectivity index (χ2v) is 9.35. The maximum atomic E-state index is 12.0. The largest absolute Gasteiger partial charge is 0.462 e. The molecular weight excluding hydrogens is 346 g/mol. The smallest absolute Gasteiger partial charge is 0.306 e. The average Bonchev–Trinajstić information content (AvgIpc) is 2.64. The summed E-state index contributed by atoms with van der Waals surface area (Å²) in [6.45, 7) is 10.1. The van der Waals surface area contributed by atoms with Crippen LogP contribution in [-0.2, 0) is 9.53 Å². The molecule has 3 nitrogen and oxygen atoms in total. The highest BCUT2D eigenvalue weighted by Gasteiger charge is 2.14. The van der Waals surface area contributed by atoms with Crippen LogP contribution in [0.15, 0.2) is 0 Å². The van der Waals surface area contributed by atoms with Crippen molar-refractivity contribution in [3.63, 3.8) is 0 Å². The number of hydrogen-bond acceptors (Lipinski definition) is 3. The number of esters is 1. The first-order chi connectivity index (χ1) is 13.4. The Morgan fingerprint density at radius 3 is 2.00 bits per heavy atom. The lowest BCUT2D eigenvalue weighted by molar-refractivity contribution is -0.149.